The molecule has 1 fully saturated rings. The predicted octanol–water partition coefficient (Wildman–Crippen LogP) is 2.79. The summed E-state index contributed by atoms with van der Waals surface area (Å²) in [6.07, 6.45) is 0. The monoisotopic (exact) mass is 253 g/mol. The van der Waals surface area contributed by atoms with Crippen molar-refractivity contribution in [1.82, 2.24) is 5.09 Å². The third-order valence-corrected chi connectivity index (χ3v) is 5.41. The molecule has 0 aromatic heterocycles. The van der Waals surface area contributed by atoms with E-state index < -0.39 is 7.52 Å². The van der Waals surface area contributed by atoms with Crippen molar-refractivity contribution < 1.29 is 9.09 Å². The van der Waals surface area contributed by atoms with Crippen LogP contribution in [0.3, 0.4) is 0 Å². The first-order valence-electron chi connectivity index (χ1n) is 5.97. The third kappa shape index (κ3) is 2.79. The Balaban J connectivity index is 2.11. The second-order valence-corrected chi connectivity index (χ2v) is 7.80. The van der Waals surface area contributed by atoms with Gasteiger partial charge in [-0.1, -0.05) is 39.0 Å². The SMILES string of the molecule is CC(C)(C)[C@@H]1CN[P@@](=O)(c2ccccc2)OC1. The predicted molar refractivity (Wildman–Crippen MR) is 70.6 cm³/mol. The minimum absolute atomic E-state index is 0.176. The first kappa shape index (κ1) is 12.8. The molecule has 1 N–H and O–H groups in total. The van der Waals surface area contributed by atoms with Gasteiger partial charge in [0.1, 0.15) is 0 Å². The largest absolute Gasteiger partial charge is 0.314 e. The molecule has 1 saturated heterocycles. The van der Waals surface area contributed by atoms with E-state index in [1.165, 1.54) is 0 Å². The standard InChI is InChI=1S/C13H20NO2P/c1-13(2,3)11-9-14-17(15,16-10-11)12-7-5-4-6-8-12/h4-8,11H,9-10H2,1-3H3,(H,14,15)/t11-,17-/m1/s1. The average molecular weight is 253 g/mol. The lowest BCUT2D eigenvalue weighted by Gasteiger charge is -2.37. The van der Waals surface area contributed by atoms with Crippen molar-refractivity contribution in [2.75, 3.05) is 13.2 Å². The molecule has 17 heavy (non-hydrogen) atoms. The van der Waals surface area contributed by atoms with E-state index in [9.17, 15) is 4.57 Å². The number of nitrogens with one attached hydrogen (secondary N) is 1. The summed E-state index contributed by atoms with van der Waals surface area (Å²) in [4.78, 5) is 0. The molecule has 1 aliphatic heterocycles. The smallest absolute Gasteiger partial charge is 0.299 e. The quantitative estimate of drug-likeness (QED) is 0.782. The first-order valence-corrected chi connectivity index (χ1v) is 7.60. The Kier molecular flexibility index (Phi) is 3.44. The Morgan fingerprint density at radius 3 is 2.41 bits per heavy atom. The highest BCUT2D eigenvalue weighted by molar-refractivity contribution is 7.65. The number of hydrogen-bond donors (Lipinski definition) is 1. The van der Waals surface area contributed by atoms with Crippen LogP contribution in [-0.4, -0.2) is 13.2 Å². The van der Waals surface area contributed by atoms with Crippen LogP contribution in [0.2, 0.25) is 0 Å². The molecule has 94 valence electrons. The normalized spacial score (nSPS) is 30.2. The Morgan fingerprint density at radius 1 is 1.29 bits per heavy atom. The molecule has 2 atom stereocenters. The van der Waals surface area contributed by atoms with E-state index in [0.29, 0.717) is 12.5 Å². The fraction of sp³-hybridized carbons (Fsp3) is 0.538. The van der Waals surface area contributed by atoms with Crippen molar-refractivity contribution in [2.45, 2.75) is 20.8 Å². The maximum Gasteiger partial charge on any atom is 0.299 e. The van der Waals surface area contributed by atoms with Gasteiger partial charge in [0.2, 0.25) is 0 Å². The molecule has 2 rings (SSSR count). The molecule has 0 amide bonds. The highest BCUT2D eigenvalue weighted by Gasteiger charge is 2.36. The van der Waals surface area contributed by atoms with E-state index >= 15 is 0 Å². The second-order valence-electron chi connectivity index (χ2n) is 5.61. The third-order valence-electron chi connectivity index (χ3n) is 3.32. The zero-order valence-corrected chi connectivity index (χ0v) is 11.5. The Morgan fingerprint density at radius 2 is 1.94 bits per heavy atom. The molecule has 0 radical (unpaired) electrons. The van der Waals surface area contributed by atoms with Crippen molar-refractivity contribution in [3.8, 4) is 0 Å². The molecule has 0 saturated carbocycles. The topological polar surface area (TPSA) is 38.3 Å². The van der Waals surface area contributed by atoms with Gasteiger partial charge in [-0.3, -0.25) is 4.57 Å². The molecule has 0 spiro atoms. The van der Waals surface area contributed by atoms with Crippen LogP contribution < -0.4 is 10.4 Å². The molecule has 3 nitrogen and oxygen atoms in total. The van der Waals surface area contributed by atoms with Crippen molar-refractivity contribution in [1.29, 1.82) is 0 Å². The summed E-state index contributed by atoms with van der Waals surface area (Å²) in [7, 11) is -2.82. The summed E-state index contributed by atoms with van der Waals surface area (Å²) < 4.78 is 18.2. The molecule has 1 heterocycles. The van der Waals surface area contributed by atoms with Gasteiger partial charge in [0, 0.05) is 12.5 Å². The Labute approximate surface area is 103 Å². The molecule has 4 heteroatoms. The van der Waals surface area contributed by atoms with Crippen molar-refractivity contribution >= 4 is 12.8 Å². The minimum Gasteiger partial charge on any atom is -0.314 e. The lowest BCUT2D eigenvalue weighted by atomic mass is 9.81. The fourth-order valence-electron chi connectivity index (χ4n) is 1.88. The zero-order valence-electron chi connectivity index (χ0n) is 10.6. The summed E-state index contributed by atoms with van der Waals surface area (Å²) >= 11 is 0. The van der Waals surface area contributed by atoms with Crippen LogP contribution >= 0.6 is 7.52 Å². The summed E-state index contributed by atoms with van der Waals surface area (Å²) in [5, 5.41) is 3.86. The first-order chi connectivity index (χ1) is 7.92. The molecular weight excluding hydrogens is 233 g/mol. The van der Waals surface area contributed by atoms with Crippen LogP contribution in [0.1, 0.15) is 20.8 Å². The molecule has 1 aromatic rings. The van der Waals surface area contributed by atoms with Crippen LogP contribution in [0.25, 0.3) is 0 Å². The van der Waals surface area contributed by atoms with Gasteiger partial charge < -0.3 is 4.52 Å². The van der Waals surface area contributed by atoms with Gasteiger partial charge in [0.15, 0.2) is 0 Å². The van der Waals surface area contributed by atoms with Gasteiger partial charge in [0.25, 0.3) is 7.52 Å². The molecule has 1 aliphatic rings. The zero-order chi connectivity index (χ0) is 12.5. The van der Waals surface area contributed by atoms with Crippen LogP contribution in [0.5, 0.6) is 0 Å². The average Bonchev–Trinajstić information content (AvgIpc) is 2.29. The molecule has 0 bridgehead atoms. The number of hydrogen-bond acceptors (Lipinski definition) is 2. The van der Waals surface area contributed by atoms with E-state index in [4.69, 9.17) is 4.52 Å². The van der Waals surface area contributed by atoms with Crippen LogP contribution in [0.4, 0.5) is 0 Å². The number of rotatable bonds is 1. The van der Waals surface area contributed by atoms with E-state index in [0.717, 1.165) is 11.8 Å². The Bertz CT molecular complexity index is 413. The summed E-state index contributed by atoms with van der Waals surface area (Å²) in [6, 6.07) is 9.39. The molecule has 1 aromatic carbocycles. The maximum absolute atomic E-state index is 12.6. The van der Waals surface area contributed by atoms with Gasteiger partial charge in [-0.2, -0.15) is 0 Å². The molecule has 0 unspecified atom stereocenters. The summed E-state index contributed by atoms with van der Waals surface area (Å²) in [5.41, 5.74) is 0.176. The van der Waals surface area contributed by atoms with Gasteiger partial charge in [-0.25, -0.2) is 5.09 Å². The highest BCUT2D eigenvalue weighted by atomic mass is 31.2. The highest BCUT2D eigenvalue weighted by Crippen LogP contribution is 2.46. The maximum atomic E-state index is 12.6. The Hall–Kier alpha value is -0.630. The lowest BCUT2D eigenvalue weighted by molar-refractivity contribution is 0.130. The summed E-state index contributed by atoms with van der Waals surface area (Å²) in [6.45, 7) is 7.85. The summed E-state index contributed by atoms with van der Waals surface area (Å²) in [5.74, 6) is 0.397. The molecule has 0 aliphatic carbocycles. The van der Waals surface area contributed by atoms with Crippen molar-refractivity contribution in [3.63, 3.8) is 0 Å². The van der Waals surface area contributed by atoms with Gasteiger partial charge in [-0.05, 0) is 17.5 Å². The number of benzene rings is 1. The van der Waals surface area contributed by atoms with E-state index in [1.807, 2.05) is 30.3 Å². The van der Waals surface area contributed by atoms with Crippen LogP contribution in [0.15, 0.2) is 30.3 Å². The minimum atomic E-state index is -2.82. The van der Waals surface area contributed by atoms with E-state index in [-0.39, 0.29) is 5.41 Å². The lowest BCUT2D eigenvalue weighted by Crippen LogP contribution is -2.40. The van der Waals surface area contributed by atoms with Crippen molar-refractivity contribution in [2.24, 2.45) is 11.3 Å². The van der Waals surface area contributed by atoms with Gasteiger partial charge in [0.05, 0.1) is 11.9 Å². The van der Waals surface area contributed by atoms with E-state index in [1.54, 1.807) is 0 Å². The van der Waals surface area contributed by atoms with Crippen LogP contribution in [-0.2, 0) is 9.09 Å². The molecular formula is C13H20NO2P. The fourth-order valence-corrected chi connectivity index (χ4v) is 3.71. The van der Waals surface area contributed by atoms with E-state index in [2.05, 4.69) is 25.9 Å². The van der Waals surface area contributed by atoms with Gasteiger partial charge >= 0.3 is 0 Å². The van der Waals surface area contributed by atoms with Gasteiger partial charge in [-0.15, -0.1) is 0 Å². The van der Waals surface area contributed by atoms with Crippen molar-refractivity contribution in [3.05, 3.63) is 30.3 Å². The van der Waals surface area contributed by atoms with Crippen LogP contribution in [0, 0.1) is 11.3 Å². The second kappa shape index (κ2) is 4.56.